The summed E-state index contributed by atoms with van der Waals surface area (Å²) in [5.41, 5.74) is 0. The Kier molecular flexibility index (Phi) is 4.97. The molecule has 0 unspecified atom stereocenters. The van der Waals surface area contributed by atoms with E-state index in [9.17, 15) is 0 Å². The molecule has 22 heavy (non-hydrogen) atoms. The molecule has 0 aliphatic carbocycles. The van der Waals surface area contributed by atoms with Crippen molar-refractivity contribution in [3.8, 4) is 5.75 Å². The number of furan rings is 1. The van der Waals surface area contributed by atoms with Gasteiger partial charge in [0.25, 0.3) is 0 Å². The Morgan fingerprint density at radius 3 is 3.05 bits per heavy atom. The lowest BCUT2D eigenvalue weighted by atomic mass is 10.3. The van der Waals surface area contributed by atoms with Crippen molar-refractivity contribution in [3.63, 3.8) is 0 Å². The SMILES string of the molecule is Clc1cccc(OCCSc2nnnn2Cc2ccco2)c1. The Labute approximate surface area is 136 Å². The summed E-state index contributed by atoms with van der Waals surface area (Å²) in [6.45, 7) is 1.05. The van der Waals surface area contributed by atoms with Gasteiger partial charge in [-0.3, -0.25) is 0 Å². The normalized spacial score (nSPS) is 10.8. The summed E-state index contributed by atoms with van der Waals surface area (Å²) in [4.78, 5) is 0. The first-order valence-electron chi connectivity index (χ1n) is 6.61. The summed E-state index contributed by atoms with van der Waals surface area (Å²) in [7, 11) is 0. The van der Waals surface area contributed by atoms with Crippen molar-refractivity contribution in [2.75, 3.05) is 12.4 Å². The average molecular weight is 337 g/mol. The molecule has 0 aliphatic heterocycles. The van der Waals surface area contributed by atoms with Crippen LogP contribution in [-0.2, 0) is 6.54 Å². The summed E-state index contributed by atoms with van der Waals surface area (Å²) in [5, 5.41) is 13.0. The maximum absolute atomic E-state index is 5.90. The van der Waals surface area contributed by atoms with E-state index in [1.807, 2.05) is 30.3 Å². The van der Waals surface area contributed by atoms with E-state index in [4.69, 9.17) is 20.8 Å². The van der Waals surface area contributed by atoms with E-state index < -0.39 is 0 Å². The van der Waals surface area contributed by atoms with Crippen molar-refractivity contribution in [1.82, 2.24) is 20.2 Å². The van der Waals surface area contributed by atoms with Gasteiger partial charge >= 0.3 is 0 Å². The number of rotatable bonds is 7. The third-order valence-electron chi connectivity index (χ3n) is 2.76. The van der Waals surface area contributed by atoms with Crippen molar-refractivity contribution >= 4 is 23.4 Å². The zero-order valence-electron chi connectivity index (χ0n) is 11.6. The van der Waals surface area contributed by atoms with Gasteiger partial charge in [-0.1, -0.05) is 29.4 Å². The van der Waals surface area contributed by atoms with Gasteiger partial charge in [0.1, 0.15) is 18.1 Å². The summed E-state index contributed by atoms with van der Waals surface area (Å²) >= 11 is 7.43. The van der Waals surface area contributed by atoms with Crippen LogP contribution in [0.2, 0.25) is 5.02 Å². The zero-order chi connectivity index (χ0) is 15.2. The number of ether oxygens (including phenoxy) is 1. The lowest BCUT2D eigenvalue weighted by Gasteiger charge is -2.06. The monoisotopic (exact) mass is 336 g/mol. The molecule has 8 heteroatoms. The fourth-order valence-corrected chi connectivity index (χ4v) is 2.67. The molecule has 0 bridgehead atoms. The molecule has 0 aliphatic rings. The molecule has 6 nitrogen and oxygen atoms in total. The fraction of sp³-hybridized carbons (Fsp3) is 0.214. The van der Waals surface area contributed by atoms with Gasteiger partial charge in [-0.2, -0.15) is 0 Å². The minimum Gasteiger partial charge on any atom is -0.493 e. The van der Waals surface area contributed by atoms with Crippen LogP contribution in [0.3, 0.4) is 0 Å². The molecule has 0 spiro atoms. The highest BCUT2D eigenvalue weighted by atomic mass is 35.5. The highest BCUT2D eigenvalue weighted by molar-refractivity contribution is 7.99. The van der Waals surface area contributed by atoms with Crippen LogP contribution < -0.4 is 4.74 Å². The van der Waals surface area contributed by atoms with Crippen LogP contribution in [0.1, 0.15) is 5.76 Å². The summed E-state index contributed by atoms with van der Waals surface area (Å²) < 4.78 is 12.6. The highest BCUT2D eigenvalue weighted by Gasteiger charge is 2.08. The zero-order valence-corrected chi connectivity index (χ0v) is 13.1. The smallest absolute Gasteiger partial charge is 0.209 e. The minimum absolute atomic E-state index is 0.511. The Morgan fingerprint density at radius 1 is 1.27 bits per heavy atom. The second-order valence-corrected chi connectivity index (χ2v) is 5.85. The van der Waals surface area contributed by atoms with Gasteiger partial charge in [0.15, 0.2) is 0 Å². The van der Waals surface area contributed by atoms with E-state index >= 15 is 0 Å². The molecule has 3 rings (SSSR count). The molecule has 0 fully saturated rings. The summed E-state index contributed by atoms with van der Waals surface area (Å²) in [5.74, 6) is 2.29. The lowest BCUT2D eigenvalue weighted by Crippen LogP contribution is -2.05. The Balaban J connectivity index is 1.49. The van der Waals surface area contributed by atoms with Gasteiger partial charge < -0.3 is 9.15 Å². The maximum Gasteiger partial charge on any atom is 0.209 e. The lowest BCUT2D eigenvalue weighted by molar-refractivity contribution is 0.344. The van der Waals surface area contributed by atoms with Gasteiger partial charge in [0.05, 0.1) is 12.9 Å². The molecule has 2 heterocycles. The second kappa shape index (κ2) is 7.33. The van der Waals surface area contributed by atoms with Crippen LogP contribution in [0.25, 0.3) is 0 Å². The maximum atomic E-state index is 5.90. The number of nitrogens with zero attached hydrogens (tertiary/aromatic N) is 4. The Hall–Kier alpha value is -1.99. The van der Waals surface area contributed by atoms with Gasteiger partial charge in [0.2, 0.25) is 5.16 Å². The van der Waals surface area contributed by atoms with Crippen LogP contribution in [-0.4, -0.2) is 32.6 Å². The number of aromatic nitrogens is 4. The van der Waals surface area contributed by atoms with Crippen LogP contribution in [0.4, 0.5) is 0 Å². The van der Waals surface area contributed by atoms with Crippen molar-refractivity contribution in [1.29, 1.82) is 0 Å². The van der Waals surface area contributed by atoms with Gasteiger partial charge in [-0.25, -0.2) is 4.68 Å². The number of tetrazole rings is 1. The number of thioether (sulfide) groups is 1. The van der Waals surface area contributed by atoms with Crippen LogP contribution in [0.5, 0.6) is 5.75 Å². The van der Waals surface area contributed by atoms with Crippen LogP contribution >= 0.6 is 23.4 Å². The fourth-order valence-electron chi connectivity index (χ4n) is 1.80. The molecule has 0 radical (unpaired) electrons. The Morgan fingerprint density at radius 2 is 2.23 bits per heavy atom. The molecule has 0 saturated heterocycles. The number of hydrogen-bond acceptors (Lipinski definition) is 6. The van der Waals surface area contributed by atoms with Gasteiger partial charge in [-0.15, -0.1) is 5.10 Å². The quantitative estimate of drug-likeness (QED) is 0.488. The molecule has 3 aromatic rings. The molecule has 0 saturated carbocycles. The van der Waals surface area contributed by atoms with Crippen molar-refractivity contribution in [2.45, 2.75) is 11.7 Å². The largest absolute Gasteiger partial charge is 0.493 e. The molecule has 2 aromatic heterocycles. The first kappa shape index (κ1) is 14.9. The van der Waals surface area contributed by atoms with Crippen LogP contribution in [0.15, 0.2) is 52.2 Å². The highest BCUT2D eigenvalue weighted by Crippen LogP contribution is 2.19. The summed E-state index contributed by atoms with van der Waals surface area (Å²) in [6.07, 6.45) is 1.63. The minimum atomic E-state index is 0.511. The third-order valence-corrected chi connectivity index (χ3v) is 3.92. The average Bonchev–Trinajstić information content (AvgIpc) is 3.16. The predicted octanol–water partition coefficient (Wildman–Crippen LogP) is 3.14. The van der Waals surface area contributed by atoms with Crippen LogP contribution in [0, 0.1) is 0 Å². The first-order valence-corrected chi connectivity index (χ1v) is 7.97. The summed E-state index contributed by atoms with van der Waals surface area (Å²) in [6, 6.07) is 11.1. The molecule has 0 N–H and O–H groups in total. The number of halogens is 1. The Bertz CT molecular complexity index is 717. The van der Waals surface area contributed by atoms with Crippen molar-refractivity contribution < 1.29 is 9.15 Å². The van der Waals surface area contributed by atoms with E-state index in [-0.39, 0.29) is 0 Å². The molecular formula is C14H13ClN4O2S. The first-order chi connectivity index (χ1) is 10.8. The molecule has 114 valence electrons. The topological polar surface area (TPSA) is 66.0 Å². The van der Waals surface area contributed by atoms with Gasteiger partial charge in [-0.05, 0) is 40.8 Å². The molecular weight excluding hydrogens is 324 g/mol. The van der Waals surface area contributed by atoms with Gasteiger partial charge in [0, 0.05) is 10.8 Å². The second-order valence-electron chi connectivity index (χ2n) is 4.35. The standard InChI is InChI=1S/C14H13ClN4O2S/c15-11-3-1-4-12(9-11)21-7-8-22-14-16-17-18-19(14)10-13-5-2-6-20-13/h1-6,9H,7-8,10H2. The van der Waals surface area contributed by atoms with E-state index in [0.717, 1.165) is 22.4 Å². The predicted molar refractivity (Wildman–Crippen MR) is 83.3 cm³/mol. The molecule has 0 atom stereocenters. The van der Waals surface area contributed by atoms with E-state index in [0.29, 0.717) is 18.2 Å². The van der Waals surface area contributed by atoms with E-state index in [2.05, 4.69) is 15.5 Å². The molecule has 0 amide bonds. The van der Waals surface area contributed by atoms with Crippen molar-refractivity contribution in [2.24, 2.45) is 0 Å². The van der Waals surface area contributed by atoms with E-state index in [1.54, 1.807) is 17.0 Å². The number of benzene rings is 1. The number of hydrogen-bond donors (Lipinski definition) is 0. The van der Waals surface area contributed by atoms with E-state index in [1.165, 1.54) is 11.8 Å². The third kappa shape index (κ3) is 4.02. The molecule has 1 aromatic carbocycles. The van der Waals surface area contributed by atoms with Crippen molar-refractivity contribution in [3.05, 3.63) is 53.4 Å².